The van der Waals surface area contributed by atoms with E-state index >= 15 is 0 Å². The molecule has 0 saturated carbocycles. The number of thiophene rings is 1. The van der Waals surface area contributed by atoms with Crippen molar-refractivity contribution in [2.45, 2.75) is 0 Å². The zero-order valence-corrected chi connectivity index (χ0v) is 56.1. The van der Waals surface area contributed by atoms with Crippen LogP contribution in [0, 0.1) is 0 Å². The fraction of sp³-hybridized carbons (Fsp3) is 0. The van der Waals surface area contributed by atoms with Crippen molar-refractivity contribution < 1.29 is 4.42 Å². The molecule has 0 fully saturated rings. The Bertz CT molecular complexity index is 6670. The summed E-state index contributed by atoms with van der Waals surface area (Å²) >= 11 is 1.88. The smallest absolute Gasteiger partial charge is 0.143 e. The van der Waals surface area contributed by atoms with Crippen molar-refractivity contribution in [2.24, 2.45) is 0 Å². The number of hydrogen-bond donors (Lipinski definition) is 0. The zero-order valence-electron chi connectivity index (χ0n) is 55.2. The van der Waals surface area contributed by atoms with Gasteiger partial charge in [-0.25, -0.2) is 0 Å². The molecule has 0 unspecified atom stereocenters. The average Bonchev–Trinajstić information content (AvgIpc) is 1.60. The third-order valence-electron chi connectivity index (χ3n) is 21.1. The van der Waals surface area contributed by atoms with E-state index < -0.39 is 0 Å². The van der Waals surface area contributed by atoms with Gasteiger partial charge in [0, 0.05) is 102 Å². The predicted molar refractivity (Wildman–Crippen MR) is 432 cm³/mol. The summed E-state index contributed by atoms with van der Waals surface area (Å²) < 4.78 is 18.6. The Morgan fingerprint density at radius 1 is 0.196 bits per heavy atom. The summed E-state index contributed by atoms with van der Waals surface area (Å²) in [5.74, 6) is 0. The number of rotatable bonds is 8. The van der Waals surface area contributed by atoms with Crippen molar-refractivity contribution >= 4 is 141 Å². The third-order valence-corrected chi connectivity index (χ3v) is 22.3. The van der Waals surface area contributed by atoms with Crippen LogP contribution in [0.2, 0.25) is 0 Å². The molecule has 0 N–H and O–H groups in total. The number of hydrogen-bond acceptors (Lipinski definition) is 2. The molecule has 22 rings (SSSR count). The number of para-hydroxylation sites is 8. The molecule has 0 atom stereocenters. The third kappa shape index (κ3) is 9.10. The van der Waals surface area contributed by atoms with Gasteiger partial charge in [0.25, 0.3) is 0 Å². The first-order valence-electron chi connectivity index (χ1n) is 34.9. The van der Waals surface area contributed by atoms with Crippen LogP contribution in [0.3, 0.4) is 0 Å². The summed E-state index contributed by atoms with van der Waals surface area (Å²) in [5, 5.41) is 15.0. The molecular weight excluding hydrogens is 1260 g/mol. The normalized spacial score (nSPS) is 11.9. The average molecular weight is 1320 g/mol. The number of furan rings is 1. The first-order valence-corrected chi connectivity index (χ1v) is 35.7. The van der Waals surface area contributed by atoms with E-state index in [1.165, 1.54) is 152 Å². The first kappa shape index (κ1) is 57.8. The van der Waals surface area contributed by atoms with E-state index in [4.69, 9.17) is 4.42 Å². The van der Waals surface area contributed by atoms with Gasteiger partial charge in [0.1, 0.15) is 11.2 Å². The van der Waals surface area contributed by atoms with E-state index in [0.717, 1.165) is 44.4 Å². The molecule has 16 aromatic carbocycles. The molecule has 22 aromatic rings. The van der Waals surface area contributed by atoms with E-state index in [-0.39, 0.29) is 0 Å². The second-order valence-corrected chi connectivity index (χ2v) is 27.7. The maximum Gasteiger partial charge on any atom is 0.143 e. The summed E-state index contributed by atoms with van der Waals surface area (Å²) in [6.07, 6.45) is 0. The van der Waals surface area contributed by atoms with E-state index in [1.54, 1.807) is 0 Å². The molecular formula is C96H60N4OS. The van der Waals surface area contributed by atoms with Crippen molar-refractivity contribution in [3.63, 3.8) is 0 Å². The molecule has 6 heteroatoms. The molecule has 476 valence electrons. The highest BCUT2D eigenvalue weighted by atomic mass is 32.1. The summed E-state index contributed by atoms with van der Waals surface area (Å²) in [6, 6.07) is 132. The van der Waals surface area contributed by atoms with Gasteiger partial charge >= 0.3 is 0 Å². The van der Waals surface area contributed by atoms with Gasteiger partial charge in [-0.05, 0) is 172 Å². The highest BCUT2D eigenvalue weighted by Crippen LogP contribution is 2.45. The molecule has 0 aliphatic heterocycles. The van der Waals surface area contributed by atoms with Crippen molar-refractivity contribution in [1.82, 2.24) is 18.3 Å². The predicted octanol–water partition coefficient (Wildman–Crippen LogP) is 26.7. The fourth-order valence-corrected chi connectivity index (χ4v) is 17.6. The fourth-order valence-electron chi connectivity index (χ4n) is 16.4. The largest absolute Gasteiger partial charge is 0.455 e. The summed E-state index contributed by atoms with van der Waals surface area (Å²) in [6.45, 7) is 0. The molecule has 0 aliphatic rings. The Morgan fingerprint density at radius 2 is 0.510 bits per heavy atom. The van der Waals surface area contributed by atoms with Crippen LogP contribution in [0.25, 0.3) is 197 Å². The van der Waals surface area contributed by atoms with Crippen LogP contribution in [0.15, 0.2) is 368 Å². The molecule has 5 nitrogen and oxygen atoms in total. The van der Waals surface area contributed by atoms with Gasteiger partial charge in [0.15, 0.2) is 0 Å². The Morgan fingerprint density at radius 3 is 0.951 bits per heavy atom. The molecule has 0 bridgehead atoms. The molecule has 6 heterocycles. The first-order chi connectivity index (χ1) is 50.6. The summed E-state index contributed by atoms with van der Waals surface area (Å²) in [7, 11) is 0. The van der Waals surface area contributed by atoms with Gasteiger partial charge in [-0.15, -0.1) is 11.3 Å². The minimum absolute atomic E-state index is 0.917. The molecule has 0 spiro atoms. The SMILES string of the molecule is c1ccc(-n2c3ccccc3c3cc(-c4ccc5c(c4)c4ccccc4n5-c4ccc(-c5cccc6c5oc5ccccc56)cc4)ccc32)cc1.c1ccc(-n2c3ccccc3c3cc(-c4ccc5c(c4)c4ccccc4n5-c4ccc(-c5cccc6c5sc5ccccc56)cc4)ccc32)cc1. The maximum absolute atomic E-state index is 6.36. The van der Waals surface area contributed by atoms with Crippen LogP contribution in [-0.2, 0) is 0 Å². The van der Waals surface area contributed by atoms with E-state index in [9.17, 15) is 0 Å². The van der Waals surface area contributed by atoms with E-state index in [0.29, 0.717) is 0 Å². The van der Waals surface area contributed by atoms with E-state index in [1.807, 2.05) is 23.5 Å². The van der Waals surface area contributed by atoms with E-state index in [2.05, 4.69) is 370 Å². The van der Waals surface area contributed by atoms with Crippen LogP contribution in [-0.4, -0.2) is 18.3 Å². The lowest BCUT2D eigenvalue weighted by atomic mass is 10.0. The Hall–Kier alpha value is -13.3. The van der Waals surface area contributed by atoms with Crippen LogP contribution in [0.5, 0.6) is 0 Å². The van der Waals surface area contributed by atoms with Gasteiger partial charge in [0.2, 0.25) is 0 Å². The molecule has 102 heavy (non-hydrogen) atoms. The lowest BCUT2D eigenvalue weighted by Crippen LogP contribution is -1.94. The van der Waals surface area contributed by atoms with Gasteiger partial charge in [-0.1, -0.05) is 231 Å². The highest BCUT2D eigenvalue weighted by molar-refractivity contribution is 7.26. The number of aromatic nitrogens is 4. The Kier molecular flexibility index (Phi) is 13.1. The monoisotopic (exact) mass is 1320 g/mol. The second-order valence-electron chi connectivity index (χ2n) is 26.7. The molecule has 6 aromatic heterocycles. The number of fused-ring (bicyclic) bond motifs is 18. The lowest BCUT2D eigenvalue weighted by molar-refractivity contribution is 0.670. The van der Waals surface area contributed by atoms with Gasteiger partial charge < -0.3 is 22.7 Å². The topological polar surface area (TPSA) is 32.9 Å². The van der Waals surface area contributed by atoms with Gasteiger partial charge in [-0.2, -0.15) is 0 Å². The van der Waals surface area contributed by atoms with Crippen molar-refractivity contribution in [2.75, 3.05) is 0 Å². The minimum atomic E-state index is 0.917. The van der Waals surface area contributed by atoms with Gasteiger partial charge in [-0.3, -0.25) is 0 Å². The van der Waals surface area contributed by atoms with Crippen molar-refractivity contribution in [3.8, 4) is 67.3 Å². The quantitative estimate of drug-likeness (QED) is 0.149. The van der Waals surface area contributed by atoms with Crippen molar-refractivity contribution in [1.29, 1.82) is 0 Å². The molecule has 0 saturated heterocycles. The van der Waals surface area contributed by atoms with Gasteiger partial charge in [0.05, 0.1) is 44.1 Å². The van der Waals surface area contributed by atoms with Crippen LogP contribution in [0.4, 0.5) is 0 Å². The zero-order chi connectivity index (χ0) is 66.9. The minimum Gasteiger partial charge on any atom is -0.455 e. The van der Waals surface area contributed by atoms with Crippen LogP contribution >= 0.6 is 11.3 Å². The Labute approximate surface area is 590 Å². The lowest BCUT2D eigenvalue weighted by Gasteiger charge is -2.11. The number of benzene rings is 16. The second kappa shape index (κ2) is 23.2. The highest BCUT2D eigenvalue weighted by Gasteiger charge is 2.21. The maximum atomic E-state index is 6.36. The summed E-state index contributed by atoms with van der Waals surface area (Å²) in [4.78, 5) is 0. The molecule has 0 amide bonds. The standard InChI is InChI=1S/C48H30N2O.C48H30N2S/c2*1-2-11-34(12-3-1)49-43-18-7-4-13-37(43)41-29-32(23-27-45(41)49)33-24-28-46-42(30-33)38-14-5-8-19-44(38)50(46)35-25-21-31(22-26-35)36-16-10-17-40-39-15-6-9-20-47(39)51-48(36)40/h2*1-30H. The van der Waals surface area contributed by atoms with Crippen LogP contribution in [0.1, 0.15) is 0 Å². The Balaban J connectivity index is 0.000000133. The molecule has 0 radical (unpaired) electrons. The van der Waals surface area contributed by atoms with Crippen molar-refractivity contribution in [3.05, 3.63) is 364 Å². The number of nitrogens with zero attached hydrogens (tertiary/aromatic N) is 4. The molecule has 0 aliphatic carbocycles. The summed E-state index contributed by atoms with van der Waals surface area (Å²) in [5.41, 5.74) is 25.8. The van der Waals surface area contributed by atoms with Crippen LogP contribution < -0.4 is 0 Å².